The summed E-state index contributed by atoms with van der Waals surface area (Å²) in [5, 5.41) is 8.11. The van der Waals surface area contributed by atoms with Gasteiger partial charge in [0.15, 0.2) is 17.5 Å². The summed E-state index contributed by atoms with van der Waals surface area (Å²) in [5.74, 6) is 1.91. The molecule has 1 aromatic heterocycles. The molecule has 0 aliphatic carbocycles. The van der Waals surface area contributed by atoms with Crippen LogP contribution in [0.15, 0.2) is 170 Å². The number of rotatable bonds is 6. The van der Waals surface area contributed by atoms with Gasteiger partial charge in [-0.1, -0.05) is 170 Å². The van der Waals surface area contributed by atoms with Crippen LogP contribution in [0.25, 0.3) is 55.7 Å². The molecule has 0 fully saturated rings. The number of hydrogen-bond donors (Lipinski definition) is 0. The first kappa shape index (κ1) is 28.2. The summed E-state index contributed by atoms with van der Waals surface area (Å²) >= 11 is 6.58. The van der Waals surface area contributed by atoms with E-state index in [9.17, 15) is 0 Å². The average molecular weight is 626 g/mol. The minimum Gasteiger partial charge on any atom is -0.208 e. The van der Waals surface area contributed by atoms with Gasteiger partial charge < -0.3 is 0 Å². The molecule has 0 saturated carbocycles. The van der Waals surface area contributed by atoms with Crippen molar-refractivity contribution in [1.29, 1.82) is 0 Å². The number of fused-ring (bicyclic) bond motifs is 2. The molecule has 0 radical (unpaired) electrons. The monoisotopic (exact) mass is 625 g/mol. The first-order valence-corrected chi connectivity index (χ1v) is 18.0. The van der Waals surface area contributed by atoms with Crippen molar-refractivity contribution < 1.29 is 0 Å². The lowest BCUT2D eigenvalue weighted by molar-refractivity contribution is 1.08. The fourth-order valence-corrected chi connectivity index (χ4v) is 9.71. The molecule has 1 heterocycles. The van der Waals surface area contributed by atoms with Crippen LogP contribution in [0.5, 0.6) is 0 Å². The second-order valence-corrected chi connectivity index (χ2v) is 15.7. The zero-order valence-corrected chi connectivity index (χ0v) is 26.6. The fraction of sp³-hybridized carbons (Fsp3) is 0. The lowest BCUT2D eigenvalue weighted by Gasteiger charge is -2.24. The van der Waals surface area contributed by atoms with Gasteiger partial charge >= 0.3 is 0 Å². The first-order valence-electron chi connectivity index (χ1n) is 15.2. The summed E-state index contributed by atoms with van der Waals surface area (Å²) in [4.78, 5) is 15.1. The van der Waals surface area contributed by atoms with Crippen molar-refractivity contribution in [2.45, 2.75) is 0 Å². The number of aromatic nitrogens is 3. The Morgan fingerprint density at radius 1 is 0.326 bits per heavy atom. The number of benzene rings is 7. The van der Waals surface area contributed by atoms with Crippen LogP contribution >= 0.6 is 6.04 Å². The Bertz CT molecular complexity index is 2250. The van der Waals surface area contributed by atoms with Gasteiger partial charge in [-0.2, -0.15) is 0 Å². The Kier molecular flexibility index (Phi) is 7.30. The minimum atomic E-state index is -2.27. The van der Waals surface area contributed by atoms with E-state index in [4.69, 9.17) is 26.8 Å². The topological polar surface area (TPSA) is 38.7 Å². The molecular weight excluding hydrogens is 598 g/mol. The summed E-state index contributed by atoms with van der Waals surface area (Å²) in [7, 11) is 0. The van der Waals surface area contributed by atoms with Gasteiger partial charge in [-0.25, -0.2) is 15.0 Å². The van der Waals surface area contributed by atoms with Crippen LogP contribution in [0.4, 0.5) is 0 Å². The first-order chi connectivity index (χ1) is 22.6. The zero-order valence-electron chi connectivity index (χ0n) is 24.9. The van der Waals surface area contributed by atoms with Crippen molar-refractivity contribution in [1.82, 2.24) is 15.0 Å². The van der Waals surface area contributed by atoms with Crippen LogP contribution in [0.3, 0.4) is 0 Å². The van der Waals surface area contributed by atoms with Gasteiger partial charge in [-0.15, -0.1) is 0 Å². The molecule has 0 aliphatic heterocycles. The highest BCUT2D eigenvalue weighted by Crippen LogP contribution is 2.43. The van der Waals surface area contributed by atoms with Crippen LogP contribution in [0.1, 0.15) is 0 Å². The van der Waals surface area contributed by atoms with Crippen LogP contribution in [0, 0.1) is 0 Å². The minimum absolute atomic E-state index is 0.626. The number of hydrogen-bond acceptors (Lipinski definition) is 4. The molecule has 3 nitrogen and oxygen atoms in total. The van der Waals surface area contributed by atoms with Gasteiger partial charge in [-0.05, 0) is 49.6 Å². The van der Waals surface area contributed by atoms with E-state index < -0.39 is 6.04 Å². The molecule has 218 valence electrons. The Morgan fingerprint density at radius 2 is 0.674 bits per heavy atom. The molecule has 0 bridgehead atoms. The lowest BCUT2D eigenvalue weighted by Crippen LogP contribution is -2.24. The molecule has 0 N–H and O–H groups in total. The van der Waals surface area contributed by atoms with Crippen molar-refractivity contribution in [2.75, 3.05) is 0 Å². The molecule has 5 heteroatoms. The zero-order chi connectivity index (χ0) is 30.9. The summed E-state index contributed by atoms with van der Waals surface area (Å²) < 4.78 is 0. The lowest BCUT2D eigenvalue weighted by atomic mass is 10.1. The Labute approximate surface area is 273 Å². The van der Waals surface area contributed by atoms with Gasteiger partial charge in [0.1, 0.15) is 0 Å². The van der Waals surface area contributed by atoms with Crippen molar-refractivity contribution in [3.63, 3.8) is 0 Å². The molecule has 0 unspecified atom stereocenters. The maximum Gasteiger partial charge on any atom is 0.164 e. The highest BCUT2D eigenvalue weighted by atomic mass is 32.4. The van der Waals surface area contributed by atoms with Gasteiger partial charge in [0, 0.05) is 22.7 Å². The molecule has 46 heavy (non-hydrogen) atoms. The standard InChI is InChI=1S/C41H28N3PS/c46-45(36-15-3-1-4-16-36,37-17-5-2-6-18-37)38-25-23-31(24-26-38)39-42-40(34-21-19-29-11-7-9-13-32(29)27-34)44-41(43-39)35-22-20-30-12-8-10-14-33(30)28-35/h1-28H. The maximum absolute atomic E-state index is 6.58. The third kappa shape index (κ3) is 5.22. The van der Waals surface area contributed by atoms with E-state index in [1.165, 1.54) is 21.4 Å². The molecule has 0 atom stereocenters. The summed E-state index contributed by atoms with van der Waals surface area (Å²) in [6.45, 7) is 0. The van der Waals surface area contributed by atoms with Gasteiger partial charge in [0.05, 0.1) is 0 Å². The largest absolute Gasteiger partial charge is 0.208 e. The van der Waals surface area contributed by atoms with E-state index in [-0.39, 0.29) is 0 Å². The van der Waals surface area contributed by atoms with Crippen molar-refractivity contribution in [3.05, 3.63) is 170 Å². The van der Waals surface area contributed by atoms with E-state index in [2.05, 4.69) is 158 Å². The Balaban J connectivity index is 1.27. The third-order valence-electron chi connectivity index (χ3n) is 8.38. The molecule has 8 rings (SSSR count). The fourth-order valence-electron chi connectivity index (χ4n) is 5.96. The molecule has 7 aromatic carbocycles. The van der Waals surface area contributed by atoms with Crippen molar-refractivity contribution >= 4 is 55.3 Å². The third-order valence-corrected chi connectivity index (χ3v) is 13.4. The smallest absolute Gasteiger partial charge is 0.164 e. The Hall–Kier alpha value is -5.28. The van der Waals surface area contributed by atoms with E-state index in [0.29, 0.717) is 17.5 Å². The van der Waals surface area contributed by atoms with E-state index in [1.807, 2.05) is 12.1 Å². The predicted octanol–water partition coefficient (Wildman–Crippen LogP) is 8.93. The van der Waals surface area contributed by atoms with Crippen molar-refractivity contribution in [2.24, 2.45) is 0 Å². The quantitative estimate of drug-likeness (QED) is 0.173. The van der Waals surface area contributed by atoms with Crippen LogP contribution in [-0.2, 0) is 11.8 Å². The highest BCUT2D eigenvalue weighted by molar-refractivity contribution is 8.25. The predicted molar refractivity (Wildman–Crippen MR) is 197 cm³/mol. The molecule has 0 spiro atoms. The molecule has 0 aliphatic rings. The van der Waals surface area contributed by atoms with Crippen molar-refractivity contribution in [3.8, 4) is 34.2 Å². The number of nitrogens with zero attached hydrogens (tertiary/aromatic N) is 3. The molecular formula is C41H28N3PS. The van der Waals surface area contributed by atoms with E-state index >= 15 is 0 Å². The summed E-state index contributed by atoms with van der Waals surface area (Å²) in [5.41, 5.74) is 2.81. The van der Waals surface area contributed by atoms with E-state index in [1.54, 1.807) is 0 Å². The summed E-state index contributed by atoms with van der Waals surface area (Å²) in [6.07, 6.45) is 0. The molecule has 0 amide bonds. The average Bonchev–Trinajstić information content (AvgIpc) is 3.14. The summed E-state index contributed by atoms with van der Waals surface area (Å²) in [6, 6.07) is 56.6. The SMILES string of the molecule is S=P(c1ccccc1)(c1ccccc1)c1ccc(-c2nc(-c3ccc4ccccc4c3)nc(-c3ccc4ccccc4c3)n2)cc1. The van der Waals surface area contributed by atoms with Gasteiger partial charge in [-0.3, -0.25) is 0 Å². The van der Waals surface area contributed by atoms with Crippen LogP contribution in [-0.4, -0.2) is 15.0 Å². The normalized spacial score (nSPS) is 11.6. The second kappa shape index (κ2) is 11.9. The van der Waals surface area contributed by atoms with Gasteiger partial charge in [0.2, 0.25) is 0 Å². The highest BCUT2D eigenvalue weighted by Gasteiger charge is 2.25. The van der Waals surface area contributed by atoms with E-state index in [0.717, 1.165) is 32.8 Å². The van der Waals surface area contributed by atoms with Crippen LogP contribution in [0.2, 0.25) is 0 Å². The second-order valence-electron chi connectivity index (χ2n) is 11.3. The molecule has 8 aromatic rings. The van der Waals surface area contributed by atoms with Gasteiger partial charge in [0.25, 0.3) is 0 Å². The maximum atomic E-state index is 6.58. The molecule has 0 saturated heterocycles. The van der Waals surface area contributed by atoms with Crippen LogP contribution < -0.4 is 15.9 Å². The Morgan fingerprint density at radius 3 is 1.13 bits per heavy atom.